The van der Waals surface area contributed by atoms with E-state index in [9.17, 15) is 34.2 Å². The summed E-state index contributed by atoms with van der Waals surface area (Å²) in [6, 6.07) is -1.22. The standard InChI is InChI=1S/C26H33FN4O7/c1-9(2)7-30-8-12-17(27)11-5-10-6-13-19(31(3)4)22(34)16(25(29)37)24(36)26(13,38)23(35)14(10)20(32)15(11)21(33)18(12)28/h9-10,13-14,16,19,30,33,38H,5-8,28H2,1-4H3,(H2,29,37)/t10-,13-,14?,16?,19-,26-/m0/s1. The third kappa shape index (κ3) is 3.85. The highest BCUT2D eigenvalue weighted by Gasteiger charge is 2.69. The number of hydrogen-bond donors (Lipinski definition) is 5. The monoisotopic (exact) mass is 532 g/mol. The van der Waals surface area contributed by atoms with Gasteiger partial charge in [0.25, 0.3) is 0 Å². The number of hydrogen-bond acceptors (Lipinski definition) is 10. The number of likely N-dealkylation sites (N-methyl/N-ethyl adjacent to an activating group) is 1. The van der Waals surface area contributed by atoms with Crippen LogP contribution in [0.5, 0.6) is 5.75 Å². The molecule has 12 heteroatoms. The largest absolute Gasteiger partial charge is 0.505 e. The second kappa shape index (κ2) is 9.51. The lowest BCUT2D eigenvalue weighted by Crippen LogP contribution is -2.74. The number of aromatic hydroxyl groups is 1. The van der Waals surface area contributed by atoms with Crippen molar-refractivity contribution in [3.05, 3.63) is 22.5 Å². The van der Waals surface area contributed by atoms with Gasteiger partial charge in [-0.2, -0.15) is 0 Å². The van der Waals surface area contributed by atoms with Crippen LogP contribution in [0.15, 0.2) is 0 Å². The summed E-state index contributed by atoms with van der Waals surface area (Å²) in [4.78, 5) is 67.1. The molecular formula is C26H33FN4O7. The van der Waals surface area contributed by atoms with Gasteiger partial charge in [0.2, 0.25) is 5.91 Å². The first-order chi connectivity index (χ1) is 17.7. The van der Waals surface area contributed by atoms with Crippen LogP contribution in [0.25, 0.3) is 0 Å². The molecular weight excluding hydrogens is 499 g/mol. The van der Waals surface area contributed by atoms with Crippen LogP contribution in [0.4, 0.5) is 10.1 Å². The molecule has 6 atom stereocenters. The maximum Gasteiger partial charge on any atom is 0.235 e. The molecule has 3 aliphatic carbocycles. The van der Waals surface area contributed by atoms with Crippen LogP contribution in [0.1, 0.15) is 41.8 Å². The number of carbonyl (C=O) groups is 5. The van der Waals surface area contributed by atoms with Crippen LogP contribution in [-0.4, -0.2) is 76.4 Å². The summed E-state index contributed by atoms with van der Waals surface area (Å²) >= 11 is 0. The average molecular weight is 533 g/mol. The maximum absolute atomic E-state index is 15.7. The number of benzene rings is 1. The quantitative estimate of drug-likeness (QED) is 0.178. The number of nitrogens with zero attached hydrogens (tertiary/aromatic N) is 1. The van der Waals surface area contributed by atoms with Crippen LogP contribution in [-0.2, 0) is 32.1 Å². The number of ketones is 4. The van der Waals surface area contributed by atoms with Crippen molar-refractivity contribution in [1.82, 2.24) is 10.2 Å². The number of rotatable bonds is 6. The van der Waals surface area contributed by atoms with Crippen LogP contribution in [0, 0.1) is 35.4 Å². The highest BCUT2D eigenvalue weighted by atomic mass is 19.1. The topological polar surface area (TPSA) is 193 Å². The second-order valence-corrected chi connectivity index (χ2v) is 11.2. The summed E-state index contributed by atoms with van der Waals surface area (Å²) in [6.07, 6.45) is -0.321. The lowest BCUT2D eigenvalue weighted by atomic mass is 9.52. The Morgan fingerprint density at radius 2 is 1.84 bits per heavy atom. The number of nitrogens with two attached hydrogens (primary N) is 2. The summed E-state index contributed by atoms with van der Waals surface area (Å²) < 4.78 is 15.7. The molecule has 2 fully saturated rings. The fraction of sp³-hybridized carbons (Fsp3) is 0.577. The number of carbonyl (C=O) groups excluding carboxylic acids is 5. The first-order valence-electron chi connectivity index (χ1n) is 12.5. The normalized spacial score (nSPS) is 30.9. The fourth-order valence-electron chi connectivity index (χ4n) is 6.43. The molecule has 11 nitrogen and oxygen atoms in total. The van der Waals surface area contributed by atoms with Crippen molar-refractivity contribution < 1.29 is 38.6 Å². The predicted molar refractivity (Wildman–Crippen MR) is 132 cm³/mol. The van der Waals surface area contributed by atoms with E-state index in [-0.39, 0.29) is 42.1 Å². The first-order valence-corrected chi connectivity index (χ1v) is 12.5. The van der Waals surface area contributed by atoms with Gasteiger partial charge in [-0.25, -0.2) is 4.39 Å². The minimum Gasteiger partial charge on any atom is -0.505 e. The SMILES string of the molecule is CC(C)CNCc1c(N)c(O)c2c(c1F)C[C@H]1C[C@H]3[C@H](N(C)C)C(=O)C(C(N)=O)C(=O)[C@@]3(O)C(=O)C1C2=O. The zero-order valence-electron chi connectivity index (χ0n) is 21.7. The molecule has 38 heavy (non-hydrogen) atoms. The summed E-state index contributed by atoms with van der Waals surface area (Å²) in [7, 11) is 2.98. The summed E-state index contributed by atoms with van der Waals surface area (Å²) in [5, 5.41) is 25.4. The van der Waals surface area contributed by atoms with E-state index < -0.39 is 81.5 Å². The molecule has 1 amide bonds. The number of Topliss-reactive ketones (excluding diaryl/α,β-unsaturated/α-hetero) is 4. The third-order valence-corrected chi connectivity index (χ3v) is 8.16. The first kappa shape index (κ1) is 27.8. The summed E-state index contributed by atoms with van der Waals surface area (Å²) in [5.74, 6) is -12.7. The molecule has 4 rings (SSSR count). The molecule has 0 aromatic heterocycles. The predicted octanol–water partition coefficient (Wildman–Crippen LogP) is -0.666. The Morgan fingerprint density at radius 1 is 1.21 bits per heavy atom. The van der Waals surface area contributed by atoms with E-state index in [1.807, 2.05) is 13.8 Å². The van der Waals surface area contributed by atoms with Gasteiger partial charge >= 0.3 is 0 Å². The van der Waals surface area contributed by atoms with Gasteiger partial charge in [0.1, 0.15) is 11.6 Å². The highest BCUT2D eigenvalue weighted by molar-refractivity contribution is 6.32. The molecule has 1 aromatic rings. The van der Waals surface area contributed by atoms with Gasteiger partial charge < -0.3 is 27.0 Å². The molecule has 2 saturated carbocycles. The number of halogens is 1. The minimum atomic E-state index is -2.84. The molecule has 206 valence electrons. The van der Waals surface area contributed by atoms with Crippen molar-refractivity contribution in [3.63, 3.8) is 0 Å². The Bertz CT molecular complexity index is 1260. The fourth-order valence-corrected chi connectivity index (χ4v) is 6.43. The maximum atomic E-state index is 15.7. The number of fused-ring (bicyclic) bond motifs is 3. The molecule has 0 bridgehead atoms. The zero-order valence-corrected chi connectivity index (χ0v) is 21.7. The number of anilines is 1. The smallest absolute Gasteiger partial charge is 0.235 e. The van der Waals surface area contributed by atoms with Crippen LogP contribution >= 0.6 is 0 Å². The van der Waals surface area contributed by atoms with Gasteiger partial charge in [0.15, 0.2) is 34.7 Å². The number of nitrogen functional groups attached to an aromatic ring is 1. The molecule has 0 aliphatic heterocycles. The molecule has 3 aliphatic rings. The van der Waals surface area contributed by atoms with Gasteiger partial charge in [-0.3, -0.25) is 28.9 Å². The molecule has 0 saturated heterocycles. The average Bonchev–Trinajstić information content (AvgIpc) is 2.81. The number of phenolic OH excluding ortho intramolecular Hbond substituents is 1. The Kier molecular flexibility index (Phi) is 6.96. The Hall–Kier alpha value is -3.22. The van der Waals surface area contributed by atoms with Gasteiger partial charge in [0, 0.05) is 23.6 Å². The van der Waals surface area contributed by atoms with Gasteiger partial charge in [-0.15, -0.1) is 0 Å². The number of nitrogens with one attached hydrogen (secondary N) is 1. The number of aliphatic hydroxyl groups is 1. The zero-order chi connectivity index (χ0) is 28.4. The van der Waals surface area contributed by atoms with Crippen molar-refractivity contribution in [3.8, 4) is 5.75 Å². The van der Waals surface area contributed by atoms with Crippen molar-refractivity contribution >= 4 is 34.7 Å². The Labute approximate surface area is 218 Å². The molecule has 7 N–H and O–H groups in total. The number of primary amides is 1. The van der Waals surface area contributed by atoms with Crippen LogP contribution < -0.4 is 16.8 Å². The van der Waals surface area contributed by atoms with Gasteiger partial charge in [-0.05, 0) is 45.3 Å². The summed E-state index contributed by atoms with van der Waals surface area (Å²) in [5.41, 5.74) is 7.54. The van der Waals surface area contributed by atoms with Gasteiger partial charge in [-0.1, -0.05) is 13.8 Å². The number of amides is 1. The molecule has 0 spiro atoms. The minimum absolute atomic E-state index is 0.000488. The highest BCUT2D eigenvalue weighted by Crippen LogP contribution is 2.52. The molecule has 2 unspecified atom stereocenters. The van der Waals surface area contributed by atoms with E-state index >= 15 is 4.39 Å². The lowest BCUT2D eigenvalue weighted by molar-refractivity contribution is -0.181. The van der Waals surface area contributed by atoms with E-state index in [2.05, 4.69) is 5.32 Å². The Morgan fingerprint density at radius 3 is 2.39 bits per heavy atom. The Balaban J connectivity index is 1.82. The lowest BCUT2D eigenvalue weighted by Gasteiger charge is -2.52. The van der Waals surface area contributed by atoms with Crippen molar-refractivity contribution in [2.24, 2.45) is 35.3 Å². The molecule has 0 radical (unpaired) electrons. The van der Waals surface area contributed by atoms with Crippen molar-refractivity contribution in [1.29, 1.82) is 0 Å². The van der Waals surface area contributed by atoms with Crippen molar-refractivity contribution in [2.75, 3.05) is 26.4 Å². The van der Waals surface area contributed by atoms with Crippen molar-refractivity contribution in [2.45, 2.75) is 44.9 Å². The summed E-state index contributed by atoms with van der Waals surface area (Å²) in [6.45, 7) is 4.48. The van der Waals surface area contributed by atoms with E-state index in [0.29, 0.717) is 6.54 Å². The third-order valence-electron chi connectivity index (χ3n) is 8.16. The number of phenols is 1. The molecule has 0 heterocycles. The van der Waals surface area contributed by atoms with Gasteiger partial charge in [0.05, 0.1) is 23.2 Å². The van der Waals surface area contributed by atoms with Crippen LogP contribution in [0.3, 0.4) is 0 Å². The second-order valence-electron chi connectivity index (χ2n) is 11.2. The van der Waals surface area contributed by atoms with E-state index in [0.717, 1.165) is 0 Å². The van der Waals surface area contributed by atoms with Crippen LogP contribution in [0.2, 0.25) is 0 Å². The van der Waals surface area contributed by atoms with E-state index in [4.69, 9.17) is 11.5 Å². The van der Waals surface area contributed by atoms with E-state index in [1.165, 1.54) is 19.0 Å². The molecule has 1 aromatic carbocycles. The van der Waals surface area contributed by atoms with E-state index in [1.54, 1.807) is 0 Å².